The number of aliphatic imine (C=N–C) groups is 1. The molecule has 0 aromatic carbocycles. The summed E-state index contributed by atoms with van der Waals surface area (Å²) in [7, 11) is 0. The molecule has 3 unspecified atom stereocenters. The molecule has 0 bridgehead atoms. The molecule has 17 atom stereocenters. The van der Waals surface area contributed by atoms with Gasteiger partial charge in [-0.2, -0.15) is 0 Å². The summed E-state index contributed by atoms with van der Waals surface area (Å²) >= 11 is 0. The number of amides is 16. The van der Waals surface area contributed by atoms with Crippen LogP contribution in [0.5, 0.6) is 0 Å². The van der Waals surface area contributed by atoms with Gasteiger partial charge in [-0.15, -0.1) is 0 Å². The molecule has 0 radical (unpaired) electrons. The molecule has 3 fully saturated rings. The SMILES string of the molecule is CC(C)[C@H](NC(=O)CN)C(=O)N[C@H](C(=O)N[C@@H](CO)C(=O)N[C@@H](C)C(=O)N1CCC[C@H]1C(=O)N[C@@H](CC(=O)O)C(=O)NC(C(=O)N[C@@H](CCCN=C(N)N)C(=O)N1CCC[C@H]1C(=O)N[C@@H](C)C(=O)N1CCC[C@H]1C(=O)NCC(=O)N[C@@H](CO)C(=O)N[C@H](C(=O)N[C@@H](C)C(N)=O)C(C)O)[C@@H](C)O)C(C)O. The Hall–Kier alpha value is -9.98. The highest BCUT2D eigenvalue weighted by Gasteiger charge is 2.44. The van der Waals surface area contributed by atoms with E-state index in [1.807, 2.05) is 0 Å². The number of rotatable bonds is 40. The molecule has 26 N–H and O–H groups in total. The number of hydrogen-bond acceptors (Lipinski definition) is 24. The Morgan fingerprint density at radius 2 is 0.837 bits per heavy atom. The van der Waals surface area contributed by atoms with Crippen LogP contribution in [0.2, 0.25) is 0 Å². The summed E-state index contributed by atoms with van der Waals surface area (Å²) in [4.78, 5) is 233. The number of carbonyl (C=O) groups excluding carboxylic acids is 16. The molecule has 43 nitrogen and oxygen atoms in total. The Morgan fingerprint density at radius 1 is 0.442 bits per heavy atom. The van der Waals surface area contributed by atoms with Gasteiger partial charge in [-0.3, -0.25) is 86.5 Å². The van der Waals surface area contributed by atoms with Gasteiger partial charge in [-0.25, -0.2) is 0 Å². The van der Waals surface area contributed by atoms with E-state index < -0.39 is 242 Å². The molecule has 16 amide bonds. The molecule has 584 valence electrons. The van der Waals surface area contributed by atoms with Gasteiger partial charge < -0.3 is 132 Å². The zero-order chi connectivity index (χ0) is 78.7. The van der Waals surface area contributed by atoms with Crippen molar-refractivity contribution in [2.45, 2.75) is 216 Å². The van der Waals surface area contributed by atoms with Gasteiger partial charge in [0.2, 0.25) is 94.5 Å². The molecule has 104 heavy (non-hydrogen) atoms. The van der Waals surface area contributed by atoms with Gasteiger partial charge in [0, 0.05) is 26.2 Å². The van der Waals surface area contributed by atoms with Crippen LogP contribution >= 0.6 is 0 Å². The number of nitrogens with one attached hydrogen (secondary N) is 12. The highest BCUT2D eigenvalue weighted by Crippen LogP contribution is 2.23. The summed E-state index contributed by atoms with van der Waals surface area (Å²) in [6, 6.07) is -21.5. The maximum absolute atomic E-state index is 14.6. The van der Waals surface area contributed by atoms with Crippen molar-refractivity contribution in [2.24, 2.45) is 33.8 Å². The first-order valence-corrected chi connectivity index (χ1v) is 33.7. The fourth-order valence-corrected chi connectivity index (χ4v) is 11.3. The Labute approximate surface area is 597 Å². The number of primary amides is 1. The number of carboxylic acids is 1. The summed E-state index contributed by atoms with van der Waals surface area (Å²) in [6.45, 7) is 6.75. The number of likely N-dealkylation sites (tertiary alicyclic amines) is 3. The maximum atomic E-state index is 14.6. The Balaban J connectivity index is 1.72. The fraction of sp³-hybridized carbons (Fsp3) is 0.705. The van der Waals surface area contributed by atoms with Crippen molar-refractivity contribution < 1.29 is 112 Å². The van der Waals surface area contributed by atoms with Crippen LogP contribution in [0.4, 0.5) is 0 Å². The normalized spacial score (nSPS) is 19.6. The minimum Gasteiger partial charge on any atom is -0.481 e. The number of carboxylic acid groups (broad SMARTS) is 1. The summed E-state index contributed by atoms with van der Waals surface area (Å²) < 4.78 is 0. The summed E-state index contributed by atoms with van der Waals surface area (Å²) in [5.74, 6) is -18.2. The van der Waals surface area contributed by atoms with Crippen LogP contribution in [-0.2, 0) is 81.5 Å². The van der Waals surface area contributed by atoms with Gasteiger partial charge in [0.25, 0.3) is 0 Å². The Bertz CT molecular complexity index is 3150. The predicted octanol–water partition coefficient (Wildman–Crippen LogP) is -12.8. The van der Waals surface area contributed by atoms with Gasteiger partial charge in [-0.05, 0) is 98.8 Å². The van der Waals surface area contributed by atoms with Gasteiger partial charge in [0.05, 0.1) is 51.0 Å². The van der Waals surface area contributed by atoms with E-state index >= 15 is 0 Å². The van der Waals surface area contributed by atoms with Crippen molar-refractivity contribution >= 4 is 106 Å². The summed E-state index contributed by atoms with van der Waals surface area (Å²) in [5, 5.41) is 89.0. The number of guanidine groups is 1. The molecule has 43 heteroatoms. The van der Waals surface area contributed by atoms with Crippen LogP contribution in [0.1, 0.15) is 113 Å². The molecular formula is C61H102N20O23. The highest BCUT2D eigenvalue weighted by molar-refractivity contribution is 6.01. The van der Waals surface area contributed by atoms with E-state index in [2.05, 4.69) is 68.8 Å². The van der Waals surface area contributed by atoms with E-state index in [0.29, 0.717) is 6.42 Å². The number of aliphatic hydroxyl groups excluding tert-OH is 5. The van der Waals surface area contributed by atoms with Crippen LogP contribution in [0.15, 0.2) is 4.99 Å². The van der Waals surface area contributed by atoms with Gasteiger partial charge in [-0.1, -0.05) is 13.8 Å². The Kier molecular flexibility index (Phi) is 35.6. The molecule has 0 aliphatic carbocycles. The molecule has 3 aliphatic rings. The minimum atomic E-state index is -2.00. The lowest BCUT2D eigenvalue weighted by atomic mass is 10.0. The quantitative estimate of drug-likeness (QED) is 0.0154. The van der Waals surface area contributed by atoms with Crippen molar-refractivity contribution in [1.29, 1.82) is 0 Å². The number of aliphatic carboxylic acids is 1. The van der Waals surface area contributed by atoms with Crippen molar-refractivity contribution in [3.8, 4) is 0 Å². The van der Waals surface area contributed by atoms with E-state index in [1.54, 1.807) is 13.8 Å². The third-order valence-electron chi connectivity index (χ3n) is 17.0. The lowest BCUT2D eigenvalue weighted by Gasteiger charge is -2.32. The number of nitrogens with zero attached hydrogens (tertiary/aromatic N) is 4. The second-order valence-corrected chi connectivity index (χ2v) is 25.8. The first-order valence-electron chi connectivity index (χ1n) is 33.7. The van der Waals surface area contributed by atoms with E-state index in [-0.39, 0.29) is 77.1 Å². The largest absolute Gasteiger partial charge is 0.481 e. The van der Waals surface area contributed by atoms with Crippen LogP contribution in [0, 0.1) is 5.92 Å². The van der Waals surface area contributed by atoms with Crippen molar-refractivity contribution in [3.05, 3.63) is 0 Å². The topological polar surface area (TPSA) is 682 Å². The zero-order valence-electron chi connectivity index (χ0n) is 59.1. The first kappa shape index (κ1) is 88.2. The Morgan fingerprint density at radius 3 is 1.28 bits per heavy atom. The smallest absolute Gasteiger partial charge is 0.305 e. The summed E-state index contributed by atoms with van der Waals surface area (Å²) in [5.41, 5.74) is 21.5. The van der Waals surface area contributed by atoms with E-state index in [0.717, 1.165) is 35.5 Å². The second kappa shape index (κ2) is 42.0. The maximum Gasteiger partial charge on any atom is 0.305 e. The van der Waals surface area contributed by atoms with E-state index in [9.17, 15) is 112 Å². The van der Waals surface area contributed by atoms with Gasteiger partial charge in [0.1, 0.15) is 84.6 Å². The van der Waals surface area contributed by atoms with E-state index in [1.165, 1.54) is 20.8 Å². The third kappa shape index (κ3) is 26.4. The monoisotopic (exact) mass is 1480 g/mol. The highest BCUT2D eigenvalue weighted by atomic mass is 16.4. The van der Waals surface area contributed by atoms with Crippen LogP contribution in [-0.4, -0.2) is 307 Å². The molecule has 3 saturated heterocycles. The van der Waals surface area contributed by atoms with Gasteiger partial charge >= 0.3 is 5.97 Å². The molecule has 0 aromatic heterocycles. The number of carbonyl (C=O) groups is 17. The number of aliphatic hydroxyl groups is 5. The third-order valence-corrected chi connectivity index (χ3v) is 17.0. The van der Waals surface area contributed by atoms with Crippen molar-refractivity contribution in [3.63, 3.8) is 0 Å². The minimum absolute atomic E-state index is 0.00732. The fourth-order valence-electron chi connectivity index (χ4n) is 11.3. The van der Waals surface area contributed by atoms with Crippen LogP contribution in [0.25, 0.3) is 0 Å². The molecular weight excluding hydrogens is 1380 g/mol. The zero-order valence-corrected chi connectivity index (χ0v) is 59.1. The number of nitrogens with two attached hydrogens (primary N) is 4. The van der Waals surface area contributed by atoms with Crippen LogP contribution in [0.3, 0.4) is 0 Å². The molecule has 3 aliphatic heterocycles. The number of hydrogen-bond donors (Lipinski definition) is 22. The first-order chi connectivity index (χ1) is 48.7. The molecule has 0 aromatic rings. The van der Waals surface area contributed by atoms with E-state index in [4.69, 9.17) is 22.9 Å². The van der Waals surface area contributed by atoms with Crippen molar-refractivity contribution in [1.82, 2.24) is 78.5 Å². The molecule has 3 heterocycles. The van der Waals surface area contributed by atoms with Crippen LogP contribution < -0.4 is 86.7 Å². The molecule has 0 spiro atoms. The van der Waals surface area contributed by atoms with Crippen molar-refractivity contribution in [2.75, 3.05) is 52.5 Å². The van der Waals surface area contributed by atoms with Gasteiger partial charge in [0.15, 0.2) is 5.96 Å². The molecule has 0 saturated carbocycles. The molecule has 3 rings (SSSR count). The standard InChI is InChI=1S/C61H102N20O23/c1-26(2)43(75-40(87)22-62)54(98)78-46(32(8)86)57(101)74-36(25-83)49(93)69-28(4)58(102)80-19-11-16-39(80)53(97)73-34(21-42(89)90)48(92)76-45(31(7)85)56(100)72-33(13-9-17-66-61(64)65)60(104)81-20-12-15-38(81)52(96)70-29(5)59(103)79-18-10-14-37(79)51(95)67-23-41(88)71-35(24-82)50(94)77-44(30(6)84)55(99)68-27(3)47(63)91/h26-39,43-46,82-86H,9-25,62H2,1-8H3,(H2,63,91)(H,67,95)(H,68,99)(H,69,93)(H,70,96)(H,71,88)(H,72,100)(H,73,97)(H,74,101)(H,75,87)(H,76,92)(H,77,94)(H,78,98)(H,89,90)(H4,64,65,66)/t27-,28-,29-,30?,31+,32?,33-,34-,35-,36-,37-,38-,39-,43-,44-,45?,46-/m0/s1. The lowest BCUT2D eigenvalue weighted by Crippen LogP contribution is -2.62. The average Bonchev–Trinajstić information content (AvgIpc) is 1.59. The second-order valence-electron chi connectivity index (χ2n) is 25.8. The average molecular weight is 1480 g/mol. The predicted molar refractivity (Wildman–Crippen MR) is 360 cm³/mol. The summed E-state index contributed by atoms with van der Waals surface area (Å²) in [6.07, 6.45) is -5.44. The lowest BCUT2D eigenvalue weighted by molar-refractivity contribution is -0.145.